The predicted molar refractivity (Wildman–Crippen MR) is 87.2 cm³/mol. The lowest BCUT2D eigenvalue weighted by Crippen LogP contribution is -1.97. The van der Waals surface area contributed by atoms with Gasteiger partial charge in [-0.3, -0.25) is 4.79 Å². The van der Waals surface area contributed by atoms with E-state index in [1.807, 2.05) is 24.3 Å². The van der Waals surface area contributed by atoms with Crippen LogP contribution in [0.25, 0.3) is 12.2 Å². The summed E-state index contributed by atoms with van der Waals surface area (Å²) in [5.74, 6) is -0.758. The lowest BCUT2D eigenvalue weighted by molar-refractivity contribution is -0.136. The summed E-state index contributed by atoms with van der Waals surface area (Å²) < 4.78 is 0. The highest BCUT2D eigenvalue weighted by Gasteiger charge is 2.00. The third kappa shape index (κ3) is 4.32. The van der Waals surface area contributed by atoms with Gasteiger partial charge in [0.15, 0.2) is 0 Å². The van der Waals surface area contributed by atoms with E-state index in [0.29, 0.717) is 6.42 Å². The molecule has 0 radical (unpaired) electrons. The topological polar surface area (TPSA) is 37.3 Å². The van der Waals surface area contributed by atoms with Gasteiger partial charge in [0.2, 0.25) is 0 Å². The van der Waals surface area contributed by atoms with Crippen molar-refractivity contribution in [3.8, 4) is 0 Å². The Morgan fingerprint density at radius 3 is 2.38 bits per heavy atom. The number of carboxylic acid groups (broad SMARTS) is 1. The fourth-order valence-corrected chi connectivity index (χ4v) is 2.37. The van der Waals surface area contributed by atoms with Crippen LogP contribution in [0.5, 0.6) is 0 Å². The van der Waals surface area contributed by atoms with Gasteiger partial charge in [-0.1, -0.05) is 54.6 Å². The summed E-state index contributed by atoms with van der Waals surface area (Å²) in [6.45, 7) is 4.21. The SMILES string of the molecule is Cc1cccc(C)c1C=Cc1cccc(CCC(=O)O)c1. The van der Waals surface area contributed by atoms with Gasteiger partial charge in [0.05, 0.1) is 0 Å². The molecular weight excluding hydrogens is 260 g/mol. The molecule has 0 saturated carbocycles. The minimum absolute atomic E-state index is 0.171. The molecule has 0 heterocycles. The quantitative estimate of drug-likeness (QED) is 0.819. The second-order valence-corrected chi connectivity index (χ2v) is 5.28. The zero-order chi connectivity index (χ0) is 15.2. The van der Waals surface area contributed by atoms with Gasteiger partial charge in [0.1, 0.15) is 0 Å². The van der Waals surface area contributed by atoms with Crippen molar-refractivity contribution in [3.05, 3.63) is 70.3 Å². The standard InChI is InChI=1S/C19H20O2/c1-14-5-3-6-15(2)18(14)11-9-16-7-4-8-17(13-16)10-12-19(20)21/h3-9,11,13H,10,12H2,1-2H3,(H,20,21). The number of rotatable bonds is 5. The Morgan fingerprint density at radius 2 is 1.71 bits per heavy atom. The molecule has 1 N–H and O–H groups in total. The van der Waals surface area contributed by atoms with Crippen LogP contribution >= 0.6 is 0 Å². The molecule has 2 nitrogen and oxygen atoms in total. The molecule has 108 valence electrons. The average molecular weight is 280 g/mol. The third-order valence-corrected chi connectivity index (χ3v) is 3.56. The lowest BCUT2D eigenvalue weighted by atomic mass is 10.0. The first kappa shape index (κ1) is 15.0. The van der Waals surface area contributed by atoms with Crippen molar-refractivity contribution in [2.24, 2.45) is 0 Å². The average Bonchev–Trinajstić information content (AvgIpc) is 2.45. The molecule has 0 bridgehead atoms. The van der Waals surface area contributed by atoms with Crippen LogP contribution in [0.2, 0.25) is 0 Å². The molecule has 2 rings (SSSR count). The first-order valence-corrected chi connectivity index (χ1v) is 7.11. The Bertz CT molecular complexity index is 649. The van der Waals surface area contributed by atoms with Gasteiger partial charge < -0.3 is 5.11 Å². The highest BCUT2D eigenvalue weighted by Crippen LogP contribution is 2.17. The van der Waals surface area contributed by atoms with Crippen LogP contribution in [0.15, 0.2) is 42.5 Å². The molecule has 0 amide bonds. The maximum atomic E-state index is 10.6. The molecule has 0 spiro atoms. The Labute approximate surface area is 125 Å². The first-order valence-electron chi connectivity index (χ1n) is 7.11. The summed E-state index contributed by atoms with van der Waals surface area (Å²) in [5, 5.41) is 8.74. The number of hydrogen-bond donors (Lipinski definition) is 1. The molecule has 2 aromatic rings. The zero-order valence-electron chi connectivity index (χ0n) is 12.5. The van der Waals surface area contributed by atoms with Gasteiger partial charge >= 0.3 is 5.97 Å². The van der Waals surface area contributed by atoms with E-state index in [4.69, 9.17) is 5.11 Å². The number of aryl methyl sites for hydroxylation is 3. The van der Waals surface area contributed by atoms with Crippen molar-refractivity contribution < 1.29 is 9.90 Å². The van der Waals surface area contributed by atoms with E-state index in [0.717, 1.165) is 11.1 Å². The Kier molecular flexibility index (Phi) is 4.94. The van der Waals surface area contributed by atoms with Gasteiger partial charge in [0.25, 0.3) is 0 Å². The summed E-state index contributed by atoms with van der Waals surface area (Å²) in [4.78, 5) is 10.6. The van der Waals surface area contributed by atoms with Crippen LogP contribution in [0.4, 0.5) is 0 Å². The van der Waals surface area contributed by atoms with E-state index >= 15 is 0 Å². The van der Waals surface area contributed by atoms with Crippen LogP contribution in [-0.4, -0.2) is 11.1 Å². The highest BCUT2D eigenvalue weighted by molar-refractivity contribution is 5.73. The maximum Gasteiger partial charge on any atom is 0.303 e. The zero-order valence-corrected chi connectivity index (χ0v) is 12.5. The summed E-state index contributed by atoms with van der Waals surface area (Å²) in [6, 6.07) is 14.3. The van der Waals surface area contributed by atoms with E-state index in [2.05, 4.69) is 44.2 Å². The van der Waals surface area contributed by atoms with Crippen molar-refractivity contribution in [1.82, 2.24) is 0 Å². The number of carboxylic acids is 1. The lowest BCUT2D eigenvalue weighted by Gasteiger charge is -2.05. The summed E-state index contributed by atoms with van der Waals surface area (Å²) in [5.41, 5.74) is 5.91. The molecule has 0 aromatic heterocycles. The second kappa shape index (κ2) is 6.89. The Morgan fingerprint density at radius 1 is 1.05 bits per heavy atom. The van der Waals surface area contributed by atoms with Gasteiger partial charge in [-0.25, -0.2) is 0 Å². The molecule has 0 unspecified atom stereocenters. The fourth-order valence-electron chi connectivity index (χ4n) is 2.37. The van der Waals surface area contributed by atoms with Crippen LogP contribution in [-0.2, 0) is 11.2 Å². The van der Waals surface area contributed by atoms with Crippen LogP contribution in [0, 0.1) is 13.8 Å². The normalized spacial score (nSPS) is 11.0. The van der Waals surface area contributed by atoms with Crippen LogP contribution in [0.3, 0.4) is 0 Å². The van der Waals surface area contributed by atoms with Crippen molar-refractivity contribution in [2.75, 3.05) is 0 Å². The Balaban J connectivity index is 2.17. The molecule has 2 aromatic carbocycles. The molecule has 2 heteroatoms. The van der Waals surface area contributed by atoms with Crippen molar-refractivity contribution >= 4 is 18.1 Å². The molecule has 0 fully saturated rings. The number of hydrogen-bond acceptors (Lipinski definition) is 1. The molecule has 0 aliphatic rings. The van der Waals surface area contributed by atoms with Crippen LogP contribution in [0.1, 0.15) is 34.2 Å². The minimum Gasteiger partial charge on any atom is -0.481 e. The molecule has 0 aliphatic carbocycles. The van der Waals surface area contributed by atoms with E-state index in [1.54, 1.807) is 0 Å². The summed E-state index contributed by atoms with van der Waals surface area (Å²) in [6.07, 6.45) is 4.95. The molecule has 0 aliphatic heterocycles. The van der Waals surface area contributed by atoms with Crippen molar-refractivity contribution in [1.29, 1.82) is 0 Å². The molecule has 21 heavy (non-hydrogen) atoms. The second-order valence-electron chi connectivity index (χ2n) is 5.28. The van der Waals surface area contributed by atoms with E-state index in [-0.39, 0.29) is 6.42 Å². The fraction of sp³-hybridized carbons (Fsp3) is 0.211. The molecule has 0 atom stereocenters. The predicted octanol–water partition coefficient (Wildman–Crippen LogP) is 4.49. The molecule has 0 saturated heterocycles. The Hall–Kier alpha value is -2.35. The van der Waals surface area contributed by atoms with E-state index < -0.39 is 5.97 Å². The van der Waals surface area contributed by atoms with Crippen LogP contribution < -0.4 is 0 Å². The van der Waals surface area contributed by atoms with Crippen molar-refractivity contribution in [3.63, 3.8) is 0 Å². The summed E-state index contributed by atoms with van der Waals surface area (Å²) in [7, 11) is 0. The highest BCUT2D eigenvalue weighted by atomic mass is 16.4. The maximum absolute atomic E-state index is 10.6. The largest absolute Gasteiger partial charge is 0.481 e. The number of aliphatic carboxylic acids is 1. The van der Waals surface area contributed by atoms with Gasteiger partial charge in [-0.2, -0.15) is 0 Å². The van der Waals surface area contributed by atoms with Crippen molar-refractivity contribution in [2.45, 2.75) is 26.7 Å². The monoisotopic (exact) mass is 280 g/mol. The smallest absolute Gasteiger partial charge is 0.303 e. The number of benzene rings is 2. The van der Waals surface area contributed by atoms with Gasteiger partial charge in [-0.15, -0.1) is 0 Å². The first-order chi connectivity index (χ1) is 10.1. The minimum atomic E-state index is -0.758. The van der Waals surface area contributed by atoms with E-state index in [1.165, 1.54) is 16.7 Å². The van der Waals surface area contributed by atoms with E-state index in [9.17, 15) is 4.79 Å². The van der Waals surface area contributed by atoms with Gasteiger partial charge in [0, 0.05) is 6.42 Å². The molecular formula is C19H20O2. The third-order valence-electron chi connectivity index (χ3n) is 3.56. The number of carbonyl (C=O) groups is 1. The summed E-state index contributed by atoms with van der Waals surface area (Å²) >= 11 is 0. The van der Waals surface area contributed by atoms with Gasteiger partial charge in [-0.05, 0) is 48.1 Å².